The third kappa shape index (κ3) is 2.90. The maximum absolute atomic E-state index is 5.25. The normalized spacial score (nSPS) is 10.7. The van der Waals surface area contributed by atoms with Gasteiger partial charge < -0.3 is 10.1 Å². The molecule has 0 unspecified atom stereocenters. The quantitative estimate of drug-likeness (QED) is 0.922. The van der Waals surface area contributed by atoms with Gasteiger partial charge in [-0.25, -0.2) is 9.97 Å². The van der Waals surface area contributed by atoms with Gasteiger partial charge in [0.25, 0.3) is 0 Å². The molecule has 0 saturated heterocycles. The summed E-state index contributed by atoms with van der Waals surface area (Å²) < 4.78 is 5.25. The Morgan fingerprint density at radius 3 is 2.45 bits per heavy atom. The van der Waals surface area contributed by atoms with Crippen molar-refractivity contribution in [3.8, 4) is 17.0 Å². The van der Waals surface area contributed by atoms with Gasteiger partial charge in [-0.2, -0.15) is 0 Å². The molecule has 0 radical (unpaired) electrons. The molecule has 1 aromatic carbocycles. The molecule has 4 heteroatoms. The fraction of sp³-hybridized carbons (Fsp3) is 0.375. The molecule has 1 heterocycles. The van der Waals surface area contributed by atoms with Gasteiger partial charge in [-0.3, -0.25) is 0 Å². The standard InChI is InChI=1S/C16H21N3O/c1-10(2)16-18-14(9-15(17-4)19-16)13-7-6-12(20-5)8-11(13)3/h6-10H,1-5H3,(H,17,18,19). The molecule has 2 aromatic rings. The van der Waals surface area contributed by atoms with E-state index in [1.165, 1.54) is 0 Å². The first-order valence-electron chi connectivity index (χ1n) is 6.77. The van der Waals surface area contributed by atoms with E-state index in [-0.39, 0.29) is 0 Å². The van der Waals surface area contributed by atoms with E-state index in [9.17, 15) is 0 Å². The number of rotatable bonds is 4. The summed E-state index contributed by atoms with van der Waals surface area (Å²) in [7, 11) is 3.55. The molecule has 0 aliphatic carbocycles. The van der Waals surface area contributed by atoms with Gasteiger partial charge in [0.05, 0.1) is 12.8 Å². The minimum atomic E-state index is 0.292. The molecular weight excluding hydrogens is 250 g/mol. The lowest BCUT2D eigenvalue weighted by molar-refractivity contribution is 0.414. The van der Waals surface area contributed by atoms with Gasteiger partial charge in [0.2, 0.25) is 0 Å². The van der Waals surface area contributed by atoms with E-state index in [1.807, 2.05) is 31.3 Å². The van der Waals surface area contributed by atoms with Crippen LogP contribution in [0.2, 0.25) is 0 Å². The van der Waals surface area contributed by atoms with Crippen LogP contribution in [0.3, 0.4) is 0 Å². The maximum atomic E-state index is 5.25. The third-order valence-electron chi connectivity index (χ3n) is 3.23. The van der Waals surface area contributed by atoms with E-state index in [1.54, 1.807) is 7.11 Å². The molecule has 0 amide bonds. The first-order chi connectivity index (χ1) is 9.55. The molecule has 0 spiro atoms. The van der Waals surface area contributed by atoms with Crippen molar-refractivity contribution in [3.05, 3.63) is 35.7 Å². The Kier molecular flexibility index (Phi) is 4.23. The fourth-order valence-corrected chi connectivity index (χ4v) is 2.04. The molecule has 2 rings (SSSR count). The molecule has 0 aliphatic rings. The highest BCUT2D eigenvalue weighted by molar-refractivity contribution is 5.67. The summed E-state index contributed by atoms with van der Waals surface area (Å²) in [5, 5.41) is 3.10. The van der Waals surface area contributed by atoms with Crippen molar-refractivity contribution >= 4 is 5.82 Å². The van der Waals surface area contributed by atoms with E-state index in [0.717, 1.165) is 34.2 Å². The van der Waals surface area contributed by atoms with Crippen LogP contribution >= 0.6 is 0 Å². The minimum Gasteiger partial charge on any atom is -0.497 e. The summed E-state index contributed by atoms with van der Waals surface area (Å²) in [6, 6.07) is 7.99. The maximum Gasteiger partial charge on any atom is 0.133 e. The number of hydrogen-bond donors (Lipinski definition) is 1. The number of aryl methyl sites for hydroxylation is 1. The van der Waals surface area contributed by atoms with Crippen LogP contribution in [0, 0.1) is 6.92 Å². The average Bonchev–Trinajstić information content (AvgIpc) is 2.46. The summed E-state index contributed by atoms with van der Waals surface area (Å²) in [5.41, 5.74) is 3.18. The van der Waals surface area contributed by atoms with Gasteiger partial charge in [-0.05, 0) is 30.7 Å². The number of benzene rings is 1. The second kappa shape index (κ2) is 5.90. The van der Waals surface area contributed by atoms with Crippen molar-refractivity contribution in [2.75, 3.05) is 19.5 Å². The summed E-state index contributed by atoms with van der Waals surface area (Å²) in [5.74, 6) is 2.84. The van der Waals surface area contributed by atoms with Gasteiger partial charge in [0, 0.05) is 24.6 Å². The van der Waals surface area contributed by atoms with Crippen molar-refractivity contribution in [1.82, 2.24) is 9.97 Å². The Labute approximate surface area is 120 Å². The van der Waals surface area contributed by atoms with Crippen molar-refractivity contribution in [3.63, 3.8) is 0 Å². The van der Waals surface area contributed by atoms with E-state index in [4.69, 9.17) is 4.74 Å². The van der Waals surface area contributed by atoms with Gasteiger partial charge >= 0.3 is 0 Å². The monoisotopic (exact) mass is 271 g/mol. The first-order valence-corrected chi connectivity index (χ1v) is 6.77. The van der Waals surface area contributed by atoms with E-state index >= 15 is 0 Å². The number of hydrogen-bond acceptors (Lipinski definition) is 4. The Morgan fingerprint density at radius 1 is 1.15 bits per heavy atom. The van der Waals surface area contributed by atoms with Crippen LogP contribution in [-0.2, 0) is 0 Å². The molecule has 1 N–H and O–H groups in total. The number of aromatic nitrogens is 2. The van der Waals surface area contributed by atoms with Gasteiger partial charge in [0.1, 0.15) is 17.4 Å². The summed E-state index contributed by atoms with van der Waals surface area (Å²) >= 11 is 0. The van der Waals surface area contributed by atoms with Crippen LogP contribution in [0.5, 0.6) is 5.75 Å². The van der Waals surface area contributed by atoms with Crippen LogP contribution in [0.4, 0.5) is 5.82 Å². The number of ether oxygens (including phenoxy) is 1. The molecule has 0 atom stereocenters. The van der Waals surface area contributed by atoms with E-state index in [0.29, 0.717) is 5.92 Å². The van der Waals surface area contributed by atoms with Crippen molar-refractivity contribution in [1.29, 1.82) is 0 Å². The van der Waals surface area contributed by atoms with Crippen LogP contribution in [-0.4, -0.2) is 24.1 Å². The molecule has 0 saturated carbocycles. The van der Waals surface area contributed by atoms with Crippen LogP contribution in [0.15, 0.2) is 24.3 Å². The first kappa shape index (κ1) is 14.3. The zero-order chi connectivity index (χ0) is 14.7. The highest BCUT2D eigenvalue weighted by atomic mass is 16.5. The summed E-state index contributed by atoms with van der Waals surface area (Å²) in [6.07, 6.45) is 0. The molecule has 0 aliphatic heterocycles. The van der Waals surface area contributed by atoms with E-state index in [2.05, 4.69) is 36.1 Å². The Balaban J connectivity index is 2.54. The largest absolute Gasteiger partial charge is 0.497 e. The molecule has 106 valence electrons. The lowest BCUT2D eigenvalue weighted by Gasteiger charge is -2.12. The predicted octanol–water partition coefficient (Wildman–Crippen LogP) is 3.63. The Morgan fingerprint density at radius 2 is 1.90 bits per heavy atom. The number of nitrogens with zero attached hydrogens (tertiary/aromatic N) is 2. The highest BCUT2D eigenvalue weighted by Crippen LogP contribution is 2.27. The molecule has 20 heavy (non-hydrogen) atoms. The van der Waals surface area contributed by atoms with Gasteiger partial charge in [-0.15, -0.1) is 0 Å². The summed E-state index contributed by atoms with van der Waals surface area (Å²) in [4.78, 5) is 9.17. The SMILES string of the molecule is CNc1cc(-c2ccc(OC)cc2C)nc(C(C)C)n1. The van der Waals surface area contributed by atoms with Crippen LogP contribution in [0.25, 0.3) is 11.3 Å². The molecule has 0 fully saturated rings. The molecule has 4 nitrogen and oxygen atoms in total. The van der Waals surface area contributed by atoms with Gasteiger partial charge in [-0.1, -0.05) is 13.8 Å². The number of anilines is 1. The molecule has 1 aromatic heterocycles. The fourth-order valence-electron chi connectivity index (χ4n) is 2.04. The zero-order valence-corrected chi connectivity index (χ0v) is 12.7. The molecule has 0 bridgehead atoms. The minimum absolute atomic E-state index is 0.292. The highest BCUT2D eigenvalue weighted by Gasteiger charge is 2.11. The van der Waals surface area contributed by atoms with Crippen molar-refractivity contribution in [2.45, 2.75) is 26.7 Å². The topological polar surface area (TPSA) is 47.0 Å². The Bertz CT molecular complexity index is 609. The smallest absolute Gasteiger partial charge is 0.133 e. The van der Waals surface area contributed by atoms with Crippen LogP contribution in [0.1, 0.15) is 31.2 Å². The van der Waals surface area contributed by atoms with Crippen molar-refractivity contribution in [2.24, 2.45) is 0 Å². The average molecular weight is 271 g/mol. The third-order valence-corrected chi connectivity index (χ3v) is 3.23. The lowest BCUT2D eigenvalue weighted by atomic mass is 10.0. The molecular formula is C16H21N3O. The number of nitrogens with one attached hydrogen (secondary N) is 1. The van der Waals surface area contributed by atoms with Crippen LogP contribution < -0.4 is 10.1 Å². The zero-order valence-electron chi connectivity index (χ0n) is 12.7. The predicted molar refractivity (Wildman–Crippen MR) is 82.4 cm³/mol. The second-order valence-corrected chi connectivity index (χ2v) is 5.08. The van der Waals surface area contributed by atoms with Crippen molar-refractivity contribution < 1.29 is 4.74 Å². The van der Waals surface area contributed by atoms with Gasteiger partial charge in [0.15, 0.2) is 0 Å². The van der Waals surface area contributed by atoms with E-state index < -0.39 is 0 Å². The summed E-state index contributed by atoms with van der Waals surface area (Å²) in [6.45, 7) is 6.26. The number of methoxy groups -OCH3 is 1. The Hall–Kier alpha value is -2.10. The second-order valence-electron chi connectivity index (χ2n) is 5.08. The lowest BCUT2D eigenvalue weighted by Crippen LogP contribution is -2.03.